The van der Waals surface area contributed by atoms with Crippen LogP contribution in [0.15, 0.2) is 24.3 Å². The molecule has 2 aromatic rings. The van der Waals surface area contributed by atoms with Gasteiger partial charge in [0.2, 0.25) is 0 Å². The molecule has 0 heterocycles. The Kier molecular flexibility index (Phi) is 2.80. The Bertz CT molecular complexity index is 676. The highest BCUT2D eigenvalue weighted by atomic mass is 14.3. The second kappa shape index (κ2) is 4.10. The topological polar surface area (TPSA) is 0 Å². The maximum atomic E-state index is 2.38. The third-order valence-electron chi connectivity index (χ3n) is 4.64. The van der Waals surface area contributed by atoms with Crippen molar-refractivity contribution in [2.45, 2.75) is 65.2 Å². The lowest BCUT2D eigenvalue weighted by Gasteiger charge is -2.26. The molecular formula is C20H26. The standard InChI is InChI=1S/C20H26/c1-19(2,3)16-11-8-13-7-9-14-17(20(4,5)6)12-10-15(16)18(13)14/h8,10-12H,7,9H2,1-6H3. The summed E-state index contributed by atoms with van der Waals surface area (Å²) in [6.07, 6.45) is 2.43. The second-order valence-corrected chi connectivity index (χ2v) is 8.29. The first-order valence-corrected chi connectivity index (χ1v) is 7.78. The molecule has 0 saturated heterocycles. The Morgan fingerprint density at radius 1 is 0.700 bits per heavy atom. The maximum absolute atomic E-state index is 2.38. The summed E-state index contributed by atoms with van der Waals surface area (Å²) in [5.41, 5.74) is 6.63. The fourth-order valence-corrected chi connectivity index (χ4v) is 3.68. The van der Waals surface area contributed by atoms with Gasteiger partial charge in [0, 0.05) is 0 Å². The minimum Gasteiger partial charge on any atom is -0.0581 e. The molecule has 1 aliphatic rings. The molecular weight excluding hydrogens is 240 g/mol. The second-order valence-electron chi connectivity index (χ2n) is 8.29. The number of hydrogen-bond acceptors (Lipinski definition) is 0. The molecule has 3 rings (SSSR count). The molecule has 0 atom stereocenters. The lowest BCUT2D eigenvalue weighted by atomic mass is 9.79. The average Bonchev–Trinajstić information content (AvgIpc) is 2.72. The van der Waals surface area contributed by atoms with E-state index in [1.165, 1.54) is 29.4 Å². The predicted molar refractivity (Wildman–Crippen MR) is 88.8 cm³/mol. The van der Waals surface area contributed by atoms with Crippen LogP contribution in [0.2, 0.25) is 0 Å². The van der Waals surface area contributed by atoms with Gasteiger partial charge in [-0.3, -0.25) is 0 Å². The molecule has 2 aromatic carbocycles. The molecule has 0 radical (unpaired) electrons. The number of hydrogen-bond donors (Lipinski definition) is 0. The normalized spacial score (nSPS) is 15.1. The number of aryl methyl sites for hydroxylation is 2. The van der Waals surface area contributed by atoms with Crippen LogP contribution < -0.4 is 0 Å². The van der Waals surface area contributed by atoms with Crippen molar-refractivity contribution in [2.75, 3.05) is 0 Å². The van der Waals surface area contributed by atoms with Gasteiger partial charge in [0.05, 0.1) is 0 Å². The molecule has 0 aromatic heterocycles. The molecule has 0 heteroatoms. The molecule has 0 N–H and O–H groups in total. The summed E-state index contributed by atoms with van der Waals surface area (Å²) >= 11 is 0. The van der Waals surface area contributed by atoms with Gasteiger partial charge in [-0.25, -0.2) is 0 Å². The Labute approximate surface area is 123 Å². The smallest absolute Gasteiger partial charge is 0.0114 e. The summed E-state index contributed by atoms with van der Waals surface area (Å²) in [4.78, 5) is 0. The van der Waals surface area contributed by atoms with Crippen LogP contribution in [-0.2, 0) is 23.7 Å². The van der Waals surface area contributed by atoms with E-state index < -0.39 is 0 Å². The first-order valence-electron chi connectivity index (χ1n) is 7.78. The molecule has 0 bridgehead atoms. The third-order valence-corrected chi connectivity index (χ3v) is 4.64. The van der Waals surface area contributed by atoms with E-state index in [1.54, 1.807) is 16.5 Å². The van der Waals surface area contributed by atoms with Crippen molar-refractivity contribution in [3.05, 3.63) is 46.5 Å². The summed E-state index contributed by atoms with van der Waals surface area (Å²) < 4.78 is 0. The SMILES string of the molecule is CC(C)(C)c1ccc2c(C(C)(C)C)ccc3c2c1CC3. The first-order chi connectivity index (χ1) is 9.19. The molecule has 0 unspecified atom stereocenters. The van der Waals surface area contributed by atoms with Gasteiger partial charge in [-0.05, 0) is 56.7 Å². The molecule has 106 valence electrons. The zero-order valence-electron chi connectivity index (χ0n) is 13.7. The van der Waals surface area contributed by atoms with Crippen molar-refractivity contribution in [1.29, 1.82) is 0 Å². The van der Waals surface area contributed by atoms with E-state index >= 15 is 0 Å². The van der Waals surface area contributed by atoms with Crippen LogP contribution in [0.25, 0.3) is 10.8 Å². The number of benzene rings is 2. The van der Waals surface area contributed by atoms with Crippen molar-refractivity contribution < 1.29 is 0 Å². The monoisotopic (exact) mass is 266 g/mol. The van der Waals surface area contributed by atoms with Crippen LogP contribution in [-0.4, -0.2) is 0 Å². The molecule has 0 nitrogen and oxygen atoms in total. The Morgan fingerprint density at radius 2 is 1.30 bits per heavy atom. The minimum absolute atomic E-state index is 0.210. The van der Waals surface area contributed by atoms with Crippen molar-refractivity contribution in [1.82, 2.24) is 0 Å². The van der Waals surface area contributed by atoms with Crippen LogP contribution in [0.1, 0.15) is 63.8 Å². The fraction of sp³-hybridized carbons (Fsp3) is 0.500. The molecule has 0 spiro atoms. The van der Waals surface area contributed by atoms with E-state index in [0.29, 0.717) is 0 Å². The first kappa shape index (κ1) is 13.7. The van der Waals surface area contributed by atoms with Crippen LogP contribution in [0.4, 0.5) is 0 Å². The fourth-order valence-electron chi connectivity index (χ4n) is 3.68. The van der Waals surface area contributed by atoms with Crippen LogP contribution >= 0.6 is 0 Å². The molecule has 0 amide bonds. The van der Waals surface area contributed by atoms with Gasteiger partial charge in [-0.2, -0.15) is 0 Å². The van der Waals surface area contributed by atoms with Gasteiger partial charge in [-0.1, -0.05) is 65.8 Å². The van der Waals surface area contributed by atoms with E-state index in [1.807, 2.05) is 0 Å². The highest BCUT2D eigenvalue weighted by molar-refractivity contribution is 5.95. The third kappa shape index (κ3) is 1.97. The van der Waals surface area contributed by atoms with Gasteiger partial charge >= 0.3 is 0 Å². The van der Waals surface area contributed by atoms with E-state index in [-0.39, 0.29) is 10.8 Å². The van der Waals surface area contributed by atoms with Crippen molar-refractivity contribution in [2.24, 2.45) is 0 Å². The van der Waals surface area contributed by atoms with Crippen molar-refractivity contribution in [3.8, 4) is 0 Å². The average molecular weight is 266 g/mol. The van der Waals surface area contributed by atoms with Crippen LogP contribution in [0.3, 0.4) is 0 Å². The Hall–Kier alpha value is -1.30. The molecule has 1 aliphatic carbocycles. The minimum atomic E-state index is 0.210. The zero-order valence-corrected chi connectivity index (χ0v) is 13.7. The van der Waals surface area contributed by atoms with Gasteiger partial charge in [0.25, 0.3) is 0 Å². The summed E-state index contributed by atoms with van der Waals surface area (Å²) in [6, 6.07) is 9.46. The molecule has 0 fully saturated rings. The van der Waals surface area contributed by atoms with E-state index in [2.05, 4.69) is 65.8 Å². The van der Waals surface area contributed by atoms with Gasteiger partial charge in [-0.15, -0.1) is 0 Å². The highest BCUT2D eigenvalue weighted by Crippen LogP contribution is 2.41. The zero-order chi connectivity index (χ0) is 14.7. The molecule has 20 heavy (non-hydrogen) atoms. The van der Waals surface area contributed by atoms with E-state index in [0.717, 1.165) is 0 Å². The van der Waals surface area contributed by atoms with Gasteiger partial charge in [0.15, 0.2) is 0 Å². The van der Waals surface area contributed by atoms with Gasteiger partial charge in [0.1, 0.15) is 0 Å². The molecule has 0 aliphatic heterocycles. The summed E-state index contributed by atoms with van der Waals surface area (Å²) in [7, 11) is 0. The summed E-state index contributed by atoms with van der Waals surface area (Å²) in [5, 5.41) is 3.04. The quantitative estimate of drug-likeness (QED) is 0.588. The summed E-state index contributed by atoms with van der Waals surface area (Å²) in [6.45, 7) is 13.9. The molecule has 0 saturated carbocycles. The highest BCUT2D eigenvalue weighted by Gasteiger charge is 2.26. The number of rotatable bonds is 0. The Morgan fingerprint density at radius 3 is 1.90 bits per heavy atom. The maximum Gasteiger partial charge on any atom is -0.0114 e. The largest absolute Gasteiger partial charge is 0.0581 e. The van der Waals surface area contributed by atoms with Crippen LogP contribution in [0.5, 0.6) is 0 Å². The predicted octanol–water partition coefficient (Wildman–Crippen LogP) is 5.53. The lowest BCUT2D eigenvalue weighted by Crippen LogP contribution is -2.15. The summed E-state index contributed by atoms with van der Waals surface area (Å²) in [5.74, 6) is 0. The van der Waals surface area contributed by atoms with Crippen LogP contribution in [0, 0.1) is 0 Å². The Balaban J connectivity index is 2.39. The van der Waals surface area contributed by atoms with E-state index in [9.17, 15) is 0 Å². The lowest BCUT2D eigenvalue weighted by molar-refractivity contribution is 0.584. The van der Waals surface area contributed by atoms with Gasteiger partial charge < -0.3 is 0 Å². The van der Waals surface area contributed by atoms with Crippen molar-refractivity contribution >= 4 is 10.8 Å². The van der Waals surface area contributed by atoms with Crippen molar-refractivity contribution in [3.63, 3.8) is 0 Å². The van der Waals surface area contributed by atoms with E-state index in [4.69, 9.17) is 0 Å².